The van der Waals surface area contributed by atoms with Gasteiger partial charge in [0.15, 0.2) is 0 Å². The molecule has 0 radical (unpaired) electrons. The topological polar surface area (TPSA) is 71.1 Å². The maximum absolute atomic E-state index is 10.8. The number of carbonyl (C=O) groups is 2. The molecule has 0 unspecified atom stereocenters. The Morgan fingerprint density at radius 3 is 1.56 bits per heavy atom. The Hall–Kier alpha value is -1.72. The van der Waals surface area contributed by atoms with E-state index in [0.717, 1.165) is 0 Å². The SMILES string of the molecule is C=C(COC(=O)OCC)COC(=O)OCC. The summed E-state index contributed by atoms with van der Waals surface area (Å²) in [7, 11) is 0. The third kappa shape index (κ3) is 7.66. The molecular formula is C10H16O6. The smallest absolute Gasteiger partial charge is 0.435 e. The Balaban J connectivity index is 3.59. The van der Waals surface area contributed by atoms with Crippen LogP contribution in [0.15, 0.2) is 12.2 Å². The van der Waals surface area contributed by atoms with Crippen molar-refractivity contribution in [3.05, 3.63) is 12.2 Å². The molecule has 0 heterocycles. The van der Waals surface area contributed by atoms with Gasteiger partial charge in [0.1, 0.15) is 13.2 Å². The van der Waals surface area contributed by atoms with Crippen molar-refractivity contribution in [3.8, 4) is 0 Å². The molecule has 6 heteroatoms. The average Bonchev–Trinajstić information content (AvgIpc) is 2.24. The summed E-state index contributed by atoms with van der Waals surface area (Å²) in [5.74, 6) is 0. The van der Waals surface area contributed by atoms with Crippen LogP contribution in [-0.4, -0.2) is 38.7 Å². The van der Waals surface area contributed by atoms with Crippen molar-refractivity contribution in [2.24, 2.45) is 0 Å². The van der Waals surface area contributed by atoms with E-state index in [1.54, 1.807) is 13.8 Å². The fourth-order valence-corrected chi connectivity index (χ4v) is 0.683. The highest BCUT2D eigenvalue weighted by molar-refractivity contribution is 5.60. The molecule has 0 aromatic carbocycles. The van der Waals surface area contributed by atoms with E-state index in [9.17, 15) is 9.59 Å². The van der Waals surface area contributed by atoms with E-state index >= 15 is 0 Å². The molecule has 6 nitrogen and oxygen atoms in total. The van der Waals surface area contributed by atoms with Crippen LogP contribution in [0.1, 0.15) is 13.8 Å². The van der Waals surface area contributed by atoms with E-state index in [1.807, 2.05) is 0 Å². The van der Waals surface area contributed by atoms with Crippen LogP contribution in [0.3, 0.4) is 0 Å². The second-order valence-corrected chi connectivity index (χ2v) is 2.69. The number of carbonyl (C=O) groups excluding carboxylic acids is 2. The molecule has 0 aliphatic carbocycles. The van der Waals surface area contributed by atoms with E-state index in [4.69, 9.17) is 0 Å². The molecule has 0 amide bonds. The Labute approximate surface area is 94.1 Å². The van der Waals surface area contributed by atoms with Crippen molar-refractivity contribution in [1.29, 1.82) is 0 Å². The van der Waals surface area contributed by atoms with Crippen molar-refractivity contribution >= 4 is 12.3 Å². The normalized spacial score (nSPS) is 9.12. The van der Waals surface area contributed by atoms with Gasteiger partial charge < -0.3 is 18.9 Å². The van der Waals surface area contributed by atoms with E-state index in [-0.39, 0.29) is 26.4 Å². The zero-order valence-electron chi connectivity index (χ0n) is 9.49. The average molecular weight is 232 g/mol. The summed E-state index contributed by atoms with van der Waals surface area (Å²) < 4.78 is 18.3. The Morgan fingerprint density at radius 1 is 0.875 bits per heavy atom. The molecule has 0 spiro atoms. The number of hydrogen-bond acceptors (Lipinski definition) is 6. The Morgan fingerprint density at radius 2 is 1.25 bits per heavy atom. The summed E-state index contributed by atoms with van der Waals surface area (Å²) in [5.41, 5.74) is 0.432. The largest absolute Gasteiger partial charge is 0.508 e. The lowest BCUT2D eigenvalue weighted by molar-refractivity contribution is 0.0542. The number of hydrogen-bond donors (Lipinski definition) is 0. The predicted molar refractivity (Wildman–Crippen MR) is 55.1 cm³/mol. The van der Waals surface area contributed by atoms with Crippen molar-refractivity contribution < 1.29 is 28.5 Å². The molecule has 0 atom stereocenters. The zero-order valence-corrected chi connectivity index (χ0v) is 9.49. The van der Waals surface area contributed by atoms with Gasteiger partial charge in [0.25, 0.3) is 0 Å². The standard InChI is InChI=1S/C10H16O6/c1-4-13-9(11)15-6-8(3)7-16-10(12)14-5-2/h3-7H2,1-2H3. The van der Waals surface area contributed by atoms with Crippen LogP contribution in [-0.2, 0) is 18.9 Å². The van der Waals surface area contributed by atoms with E-state index in [0.29, 0.717) is 5.57 Å². The van der Waals surface area contributed by atoms with Crippen LogP contribution >= 0.6 is 0 Å². The van der Waals surface area contributed by atoms with E-state index < -0.39 is 12.3 Å². The summed E-state index contributed by atoms with van der Waals surface area (Å²) in [4.78, 5) is 21.5. The lowest BCUT2D eigenvalue weighted by atomic mass is 10.3. The summed E-state index contributed by atoms with van der Waals surface area (Å²) in [6, 6.07) is 0. The van der Waals surface area contributed by atoms with Crippen LogP contribution in [0.2, 0.25) is 0 Å². The summed E-state index contributed by atoms with van der Waals surface area (Å²) >= 11 is 0. The van der Waals surface area contributed by atoms with Crippen LogP contribution < -0.4 is 0 Å². The van der Waals surface area contributed by atoms with Crippen LogP contribution in [0.5, 0.6) is 0 Å². The molecule has 16 heavy (non-hydrogen) atoms. The second kappa shape index (κ2) is 8.58. The Kier molecular flexibility index (Phi) is 7.66. The monoisotopic (exact) mass is 232 g/mol. The van der Waals surface area contributed by atoms with Gasteiger partial charge in [0.05, 0.1) is 13.2 Å². The molecule has 0 saturated heterocycles. The van der Waals surface area contributed by atoms with E-state index in [2.05, 4.69) is 25.5 Å². The van der Waals surface area contributed by atoms with Gasteiger partial charge in [-0.3, -0.25) is 0 Å². The first-order chi connectivity index (χ1) is 7.60. The van der Waals surface area contributed by atoms with Gasteiger partial charge in [-0.05, 0) is 19.4 Å². The summed E-state index contributed by atoms with van der Waals surface area (Å²) in [6.07, 6.45) is -1.56. The third-order valence-electron chi connectivity index (χ3n) is 1.31. The quantitative estimate of drug-likeness (QED) is 0.514. The van der Waals surface area contributed by atoms with Crippen molar-refractivity contribution in [2.75, 3.05) is 26.4 Å². The molecule has 0 aromatic rings. The number of rotatable bonds is 6. The molecule has 0 fully saturated rings. The molecule has 0 aliphatic heterocycles. The molecule has 0 N–H and O–H groups in total. The van der Waals surface area contributed by atoms with Gasteiger partial charge in [-0.2, -0.15) is 0 Å². The van der Waals surface area contributed by atoms with Crippen LogP contribution in [0.4, 0.5) is 9.59 Å². The molecule has 0 aromatic heterocycles. The van der Waals surface area contributed by atoms with Gasteiger partial charge in [-0.15, -0.1) is 0 Å². The van der Waals surface area contributed by atoms with E-state index in [1.165, 1.54) is 0 Å². The molecule has 0 aliphatic rings. The second-order valence-electron chi connectivity index (χ2n) is 2.69. The van der Waals surface area contributed by atoms with Crippen LogP contribution in [0.25, 0.3) is 0 Å². The zero-order chi connectivity index (χ0) is 12.4. The fraction of sp³-hybridized carbons (Fsp3) is 0.600. The predicted octanol–water partition coefficient (Wildman–Crippen LogP) is 1.89. The lowest BCUT2D eigenvalue weighted by Crippen LogP contribution is -2.14. The molecule has 0 rings (SSSR count). The van der Waals surface area contributed by atoms with Crippen molar-refractivity contribution in [3.63, 3.8) is 0 Å². The minimum atomic E-state index is -0.778. The molecule has 0 saturated carbocycles. The highest BCUT2D eigenvalue weighted by Gasteiger charge is 2.06. The highest BCUT2D eigenvalue weighted by atomic mass is 16.7. The van der Waals surface area contributed by atoms with Crippen LogP contribution in [0, 0.1) is 0 Å². The van der Waals surface area contributed by atoms with Gasteiger partial charge in [-0.25, -0.2) is 9.59 Å². The van der Waals surface area contributed by atoms with Crippen molar-refractivity contribution in [1.82, 2.24) is 0 Å². The first-order valence-electron chi connectivity index (χ1n) is 4.85. The lowest BCUT2D eigenvalue weighted by Gasteiger charge is -2.07. The maximum Gasteiger partial charge on any atom is 0.508 e. The molecule has 0 bridgehead atoms. The maximum atomic E-state index is 10.8. The third-order valence-corrected chi connectivity index (χ3v) is 1.31. The first kappa shape index (κ1) is 14.3. The first-order valence-corrected chi connectivity index (χ1v) is 4.85. The Bertz CT molecular complexity index is 224. The summed E-state index contributed by atoms with van der Waals surface area (Å²) in [6.45, 7) is 7.25. The minimum Gasteiger partial charge on any atom is -0.435 e. The summed E-state index contributed by atoms with van der Waals surface area (Å²) in [5, 5.41) is 0. The highest BCUT2D eigenvalue weighted by Crippen LogP contribution is 1.97. The van der Waals surface area contributed by atoms with Gasteiger partial charge >= 0.3 is 12.3 Å². The minimum absolute atomic E-state index is 0.0573. The number of ether oxygens (including phenoxy) is 4. The van der Waals surface area contributed by atoms with Gasteiger partial charge in [0.2, 0.25) is 0 Å². The molecular weight excluding hydrogens is 216 g/mol. The van der Waals surface area contributed by atoms with Gasteiger partial charge in [0, 0.05) is 0 Å². The van der Waals surface area contributed by atoms with Crippen molar-refractivity contribution in [2.45, 2.75) is 13.8 Å². The fourth-order valence-electron chi connectivity index (χ4n) is 0.683. The molecule has 92 valence electrons. The van der Waals surface area contributed by atoms with Gasteiger partial charge in [-0.1, -0.05) is 6.58 Å².